The van der Waals surface area contributed by atoms with Gasteiger partial charge in [0.25, 0.3) is 0 Å². The van der Waals surface area contributed by atoms with Crippen molar-refractivity contribution in [2.45, 2.75) is 40.0 Å². The van der Waals surface area contributed by atoms with E-state index in [4.69, 9.17) is 11.6 Å². The van der Waals surface area contributed by atoms with Gasteiger partial charge in [0, 0.05) is 16.9 Å². The minimum absolute atomic E-state index is 0.0103. The Morgan fingerprint density at radius 1 is 1.10 bits per heavy atom. The van der Waals surface area contributed by atoms with E-state index in [1.54, 1.807) is 24.3 Å². The van der Waals surface area contributed by atoms with Crippen LogP contribution in [-0.2, 0) is 6.18 Å². The monoisotopic (exact) mass is 425 g/mol. The summed E-state index contributed by atoms with van der Waals surface area (Å²) in [6.07, 6.45) is -5.05. The van der Waals surface area contributed by atoms with Gasteiger partial charge < -0.3 is 16.2 Å². The van der Waals surface area contributed by atoms with E-state index < -0.39 is 17.8 Å². The molecule has 0 amide bonds. The molecule has 0 heterocycles. The highest BCUT2D eigenvalue weighted by Gasteiger charge is 2.29. The maximum atomic E-state index is 12.7. The van der Waals surface area contributed by atoms with Gasteiger partial charge in [-0.05, 0) is 42.3 Å². The zero-order valence-electron chi connectivity index (χ0n) is 17.6. The van der Waals surface area contributed by atoms with Crippen LogP contribution < -0.4 is 16.9 Å². The van der Waals surface area contributed by atoms with Crippen molar-refractivity contribution < 1.29 is 18.3 Å². The fourth-order valence-corrected chi connectivity index (χ4v) is 2.35. The molecule has 30 heavy (non-hydrogen) atoms. The van der Waals surface area contributed by atoms with Crippen molar-refractivity contribution in [1.29, 1.82) is 0 Å². The van der Waals surface area contributed by atoms with E-state index in [1.165, 1.54) is 12.1 Å². The number of halogens is 3. The molecule has 0 fully saturated rings. The summed E-state index contributed by atoms with van der Waals surface area (Å²) in [5, 5.41) is 18.1. The first-order valence-corrected chi connectivity index (χ1v) is 9.66. The number of hydrazone groups is 1. The third kappa shape index (κ3) is 7.57. The van der Waals surface area contributed by atoms with Gasteiger partial charge in [-0.15, -0.1) is 5.10 Å². The Morgan fingerprint density at radius 2 is 1.67 bits per heavy atom. The summed E-state index contributed by atoms with van der Waals surface area (Å²) < 4.78 is 38.1. The molecule has 2 rings (SSSR count). The highest BCUT2D eigenvalue weighted by Crippen LogP contribution is 2.30. The standard InChI is InChI=1S/C19H24F3N5O.C2H6/c1-12(2)17(28)11-27(24)26-18(23)15-5-3-4-6-16(15)25-14-9-7-13(8-10-14)19(20,21)22;1-2/h3-10,12,17,25,28H,11,24H2,1-2H3,(H2,23,26);1-2H3. The third-order valence-electron chi connectivity index (χ3n) is 4.07. The number of alkyl halides is 3. The number of benzene rings is 2. The molecule has 1 atom stereocenters. The third-order valence-corrected chi connectivity index (χ3v) is 4.07. The van der Waals surface area contributed by atoms with Gasteiger partial charge in [-0.25, -0.2) is 11.0 Å². The van der Waals surface area contributed by atoms with E-state index in [0.29, 0.717) is 16.9 Å². The Kier molecular flexibility index (Phi) is 9.61. The molecule has 9 heteroatoms. The fraction of sp³-hybridized carbons (Fsp3) is 0.381. The lowest BCUT2D eigenvalue weighted by Crippen LogP contribution is -2.38. The van der Waals surface area contributed by atoms with Crippen LogP contribution in [0.4, 0.5) is 24.5 Å². The van der Waals surface area contributed by atoms with Gasteiger partial charge in [0.05, 0.1) is 18.2 Å². The minimum Gasteiger partial charge on any atom is -0.391 e. The Hall–Kier alpha value is -2.78. The summed E-state index contributed by atoms with van der Waals surface area (Å²) >= 11 is 0. The van der Waals surface area contributed by atoms with Crippen LogP contribution >= 0.6 is 0 Å². The Labute approximate surface area is 175 Å². The molecular formula is C21H30F3N5O. The molecule has 0 aliphatic heterocycles. The molecular weight excluding hydrogens is 395 g/mol. The van der Waals surface area contributed by atoms with Gasteiger partial charge in [-0.3, -0.25) is 0 Å². The fourth-order valence-electron chi connectivity index (χ4n) is 2.35. The largest absolute Gasteiger partial charge is 0.416 e. The molecule has 0 spiro atoms. The number of para-hydroxylation sites is 1. The van der Waals surface area contributed by atoms with E-state index >= 15 is 0 Å². The van der Waals surface area contributed by atoms with E-state index in [0.717, 1.165) is 17.3 Å². The second-order valence-corrected chi connectivity index (χ2v) is 6.66. The SMILES string of the molecule is CC.CC(C)C(O)CN(N)/N=C(\N)c1ccccc1Nc1ccc(C(F)(F)F)cc1. The average Bonchev–Trinajstić information content (AvgIpc) is 2.69. The number of aliphatic hydroxyl groups is 1. The lowest BCUT2D eigenvalue weighted by molar-refractivity contribution is -0.137. The van der Waals surface area contributed by atoms with Crippen molar-refractivity contribution in [2.24, 2.45) is 22.6 Å². The molecule has 166 valence electrons. The first kappa shape index (κ1) is 25.3. The molecule has 0 radical (unpaired) electrons. The van der Waals surface area contributed by atoms with E-state index in [2.05, 4.69) is 10.4 Å². The molecule has 6 nitrogen and oxygen atoms in total. The first-order valence-electron chi connectivity index (χ1n) is 9.66. The molecule has 2 aromatic rings. The van der Waals surface area contributed by atoms with E-state index in [1.807, 2.05) is 27.7 Å². The van der Waals surface area contributed by atoms with Crippen LogP contribution in [0.5, 0.6) is 0 Å². The molecule has 2 aromatic carbocycles. The van der Waals surface area contributed by atoms with Crippen molar-refractivity contribution in [3.8, 4) is 0 Å². The number of hydrazine groups is 1. The van der Waals surface area contributed by atoms with Crippen LogP contribution in [0.2, 0.25) is 0 Å². The lowest BCUT2D eigenvalue weighted by Gasteiger charge is -2.20. The van der Waals surface area contributed by atoms with Gasteiger partial charge in [0.1, 0.15) is 0 Å². The smallest absolute Gasteiger partial charge is 0.391 e. The predicted molar refractivity (Wildman–Crippen MR) is 115 cm³/mol. The average molecular weight is 425 g/mol. The number of rotatable bonds is 7. The second kappa shape index (κ2) is 11.4. The van der Waals surface area contributed by atoms with Crippen molar-refractivity contribution in [2.75, 3.05) is 11.9 Å². The van der Waals surface area contributed by atoms with Crippen LogP contribution in [-0.4, -0.2) is 28.7 Å². The number of nitrogens with zero attached hydrogens (tertiary/aromatic N) is 2. The zero-order valence-corrected chi connectivity index (χ0v) is 17.6. The number of nitrogens with two attached hydrogens (primary N) is 2. The van der Waals surface area contributed by atoms with Gasteiger partial charge in [-0.2, -0.15) is 13.2 Å². The summed E-state index contributed by atoms with van der Waals surface area (Å²) in [7, 11) is 0. The number of hydrogen-bond acceptors (Lipinski definition) is 5. The van der Waals surface area contributed by atoms with E-state index in [9.17, 15) is 18.3 Å². The van der Waals surface area contributed by atoms with Gasteiger partial charge >= 0.3 is 6.18 Å². The number of nitrogens with one attached hydrogen (secondary N) is 1. The van der Waals surface area contributed by atoms with E-state index in [-0.39, 0.29) is 18.3 Å². The van der Waals surface area contributed by atoms with Gasteiger partial charge in [-0.1, -0.05) is 39.8 Å². The van der Waals surface area contributed by atoms with Crippen LogP contribution in [0.25, 0.3) is 0 Å². The van der Waals surface area contributed by atoms with Crippen LogP contribution in [0.15, 0.2) is 53.6 Å². The summed E-state index contributed by atoms with van der Waals surface area (Å²) in [4.78, 5) is 0. The normalized spacial score (nSPS) is 12.8. The minimum atomic E-state index is -4.39. The topological polar surface area (TPSA) is 99.9 Å². The molecule has 1 unspecified atom stereocenters. The van der Waals surface area contributed by atoms with Crippen LogP contribution in [0, 0.1) is 5.92 Å². The molecule has 0 aliphatic carbocycles. The maximum absolute atomic E-state index is 12.7. The molecule has 6 N–H and O–H groups in total. The number of aliphatic hydroxyl groups excluding tert-OH is 1. The lowest BCUT2D eigenvalue weighted by atomic mass is 10.1. The summed E-state index contributed by atoms with van der Waals surface area (Å²) in [6.45, 7) is 7.82. The molecule has 0 bridgehead atoms. The highest BCUT2D eigenvalue weighted by molar-refractivity contribution is 6.02. The van der Waals surface area contributed by atoms with Gasteiger partial charge in [0.2, 0.25) is 0 Å². The number of amidine groups is 1. The molecule has 0 saturated carbocycles. The number of anilines is 2. The van der Waals surface area contributed by atoms with Crippen molar-refractivity contribution in [1.82, 2.24) is 5.12 Å². The summed E-state index contributed by atoms with van der Waals surface area (Å²) in [5.41, 5.74) is 6.86. The molecule has 0 aliphatic rings. The Balaban J connectivity index is 0.00000218. The second-order valence-electron chi connectivity index (χ2n) is 6.66. The quantitative estimate of drug-likeness (QED) is 0.230. The predicted octanol–water partition coefficient (Wildman–Crippen LogP) is 4.29. The summed E-state index contributed by atoms with van der Waals surface area (Å²) in [6, 6.07) is 11.6. The van der Waals surface area contributed by atoms with Crippen LogP contribution in [0.3, 0.4) is 0 Å². The first-order chi connectivity index (χ1) is 14.1. The van der Waals surface area contributed by atoms with Crippen molar-refractivity contribution in [3.63, 3.8) is 0 Å². The molecule has 0 aromatic heterocycles. The van der Waals surface area contributed by atoms with Crippen LogP contribution in [0.1, 0.15) is 38.8 Å². The zero-order chi connectivity index (χ0) is 22.9. The molecule has 0 saturated heterocycles. The Morgan fingerprint density at radius 3 is 2.20 bits per heavy atom. The van der Waals surface area contributed by atoms with Gasteiger partial charge in [0.15, 0.2) is 5.84 Å². The van der Waals surface area contributed by atoms with Crippen molar-refractivity contribution >= 4 is 17.2 Å². The highest BCUT2D eigenvalue weighted by atomic mass is 19.4. The Bertz CT molecular complexity index is 807. The summed E-state index contributed by atoms with van der Waals surface area (Å²) in [5.74, 6) is 5.90. The maximum Gasteiger partial charge on any atom is 0.416 e. The number of hydrogen-bond donors (Lipinski definition) is 4. The van der Waals surface area contributed by atoms with Crippen molar-refractivity contribution in [3.05, 3.63) is 59.7 Å².